The molecule has 0 saturated heterocycles. The number of rotatable bonds is 4. The van der Waals surface area contributed by atoms with Gasteiger partial charge in [-0.15, -0.1) is 0 Å². The first-order valence-corrected chi connectivity index (χ1v) is 7.43. The van der Waals surface area contributed by atoms with Crippen LogP contribution >= 0.6 is 0 Å². The Morgan fingerprint density at radius 3 is 1.30 bits per heavy atom. The van der Waals surface area contributed by atoms with Crippen LogP contribution in [0.3, 0.4) is 0 Å². The number of ether oxygens (including phenoxy) is 3. The van der Waals surface area contributed by atoms with Gasteiger partial charge in [0.1, 0.15) is 12.2 Å². The van der Waals surface area contributed by atoms with Gasteiger partial charge in [-0.25, -0.2) is 9.59 Å². The van der Waals surface area contributed by atoms with Gasteiger partial charge in [-0.2, -0.15) is 0 Å². The highest BCUT2D eigenvalue weighted by Crippen LogP contribution is 1.98. The zero-order valence-electron chi connectivity index (χ0n) is 14.7. The molecular formula is C16H28O7. The number of hydrogen-bond acceptors (Lipinski definition) is 7. The van der Waals surface area contributed by atoms with E-state index in [1.165, 1.54) is 0 Å². The summed E-state index contributed by atoms with van der Waals surface area (Å²) >= 11 is 0. The van der Waals surface area contributed by atoms with E-state index < -0.39 is 24.5 Å². The number of aliphatic hydroxyl groups excluding tert-OH is 2. The van der Waals surface area contributed by atoms with Crippen LogP contribution < -0.4 is 0 Å². The van der Waals surface area contributed by atoms with Gasteiger partial charge < -0.3 is 24.4 Å². The zero-order chi connectivity index (χ0) is 18.4. The third-order valence-corrected chi connectivity index (χ3v) is 1.74. The Bertz CT molecular complexity index is 355. The van der Waals surface area contributed by atoms with E-state index in [0.29, 0.717) is 0 Å². The second kappa shape index (κ2) is 13.9. The highest BCUT2D eigenvalue weighted by molar-refractivity contribution is 5.76. The van der Waals surface area contributed by atoms with Gasteiger partial charge in [-0.1, -0.05) is 39.5 Å². The van der Waals surface area contributed by atoms with Crippen LogP contribution in [0, 0.1) is 23.7 Å². The van der Waals surface area contributed by atoms with Gasteiger partial charge >= 0.3 is 12.3 Å². The van der Waals surface area contributed by atoms with E-state index in [9.17, 15) is 9.59 Å². The molecule has 0 rings (SSSR count). The molecule has 2 atom stereocenters. The third-order valence-electron chi connectivity index (χ3n) is 1.74. The van der Waals surface area contributed by atoms with Gasteiger partial charge in [0.05, 0.1) is 13.2 Å². The maximum Gasteiger partial charge on any atom is 0.518 e. The first-order chi connectivity index (χ1) is 10.5. The van der Waals surface area contributed by atoms with Gasteiger partial charge in [-0.3, -0.25) is 0 Å². The monoisotopic (exact) mass is 332 g/mol. The topological polar surface area (TPSA) is 102 Å². The summed E-state index contributed by atoms with van der Waals surface area (Å²) in [7, 11) is 0. The minimum atomic E-state index is -1.02. The maximum atomic E-state index is 10.9. The molecular weight excluding hydrogens is 304 g/mol. The Balaban J connectivity index is 0. The Kier molecular flexibility index (Phi) is 14.1. The molecule has 23 heavy (non-hydrogen) atoms. The molecule has 0 radical (unpaired) electrons. The molecule has 7 nitrogen and oxygen atoms in total. The number of carbonyl (C=O) groups is 2. The molecule has 0 amide bonds. The minimum absolute atomic E-state index is 0.198. The Morgan fingerprint density at radius 2 is 1.09 bits per heavy atom. The molecule has 0 bridgehead atoms. The number of hydrogen-bond donors (Lipinski definition) is 2. The molecule has 7 heteroatoms. The van der Waals surface area contributed by atoms with Crippen LogP contribution in [0.5, 0.6) is 0 Å². The van der Waals surface area contributed by atoms with Crippen molar-refractivity contribution in [3.05, 3.63) is 0 Å². The lowest BCUT2D eigenvalue weighted by Crippen LogP contribution is -2.18. The quantitative estimate of drug-likeness (QED) is 0.463. The normalized spacial score (nSPS) is 12.3. The Morgan fingerprint density at radius 1 is 0.783 bits per heavy atom. The van der Waals surface area contributed by atoms with E-state index in [1.54, 1.807) is 13.8 Å². The van der Waals surface area contributed by atoms with E-state index in [4.69, 9.17) is 10.2 Å². The van der Waals surface area contributed by atoms with Crippen LogP contribution in [-0.2, 0) is 14.2 Å². The van der Waals surface area contributed by atoms with E-state index in [0.717, 1.165) is 0 Å². The second-order valence-electron chi connectivity index (χ2n) is 5.65. The van der Waals surface area contributed by atoms with Crippen molar-refractivity contribution in [2.75, 3.05) is 13.2 Å². The van der Waals surface area contributed by atoms with E-state index in [-0.39, 0.29) is 25.0 Å². The molecule has 0 spiro atoms. The molecule has 0 aliphatic carbocycles. The van der Waals surface area contributed by atoms with Crippen molar-refractivity contribution in [1.82, 2.24) is 0 Å². The van der Waals surface area contributed by atoms with Gasteiger partial charge in [-0.05, 0) is 25.7 Å². The predicted octanol–water partition coefficient (Wildman–Crippen LogP) is 2.34. The summed E-state index contributed by atoms with van der Waals surface area (Å²) in [5.74, 6) is 5.20. The van der Waals surface area contributed by atoms with Crippen LogP contribution in [-0.4, -0.2) is 47.9 Å². The largest absolute Gasteiger partial charge is 0.518 e. The van der Waals surface area contributed by atoms with Crippen LogP contribution in [0.15, 0.2) is 0 Å². The van der Waals surface area contributed by atoms with Crippen molar-refractivity contribution in [3.8, 4) is 11.8 Å². The van der Waals surface area contributed by atoms with Gasteiger partial charge in [0, 0.05) is 0 Å². The summed E-state index contributed by atoms with van der Waals surface area (Å²) in [6.45, 7) is 11.1. The van der Waals surface area contributed by atoms with Gasteiger partial charge in [0.15, 0.2) is 0 Å². The third kappa shape index (κ3) is 22.6. The maximum absolute atomic E-state index is 10.9. The molecule has 2 N–H and O–H groups in total. The minimum Gasteiger partial charge on any atom is -0.434 e. The average molecular weight is 332 g/mol. The number of aliphatic hydroxyl groups is 2. The fourth-order valence-electron chi connectivity index (χ4n) is 0.838. The van der Waals surface area contributed by atoms with Crippen LogP contribution in [0.1, 0.15) is 41.5 Å². The molecule has 0 aromatic heterocycles. The first-order valence-electron chi connectivity index (χ1n) is 7.43. The van der Waals surface area contributed by atoms with Crippen LogP contribution in [0.2, 0.25) is 0 Å². The Hall–Kier alpha value is -1.78. The highest BCUT2D eigenvalue weighted by atomic mass is 16.8. The second-order valence-corrected chi connectivity index (χ2v) is 5.65. The van der Waals surface area contributed by atoms with Crippen molar-refractivity contribution in [2.24, 2.45) is 11.8 Å². The first kappa shape index (κ1) is 23.5. The van der Waals surface area contributed by atoms with E-state index in [1.807, 2.05) is 27.7 Å². The van der Waals surface area contributed by atoms with Crippen molar-refractivity contribution in [3.63, 3.8) is 0 Å². The fraction of sp³-hybridized carbons (Fsp3) is 0.750. The lowest BCUT2D eigenvalue weighted by Gasteiger charge is -2.08. The summed E-state index contributed by atoms with van der Waals surface area (Å²) in [6, 6.07) is 0. The van der Waals surface area contributed by atoms with Crippen molar-refractivity contribution >= 4 is 12.3 Å². The zero-order valence-corrected chi connectivity index (χ0v) is 14.7. The molecule has 134 valence electrons. The van der Waals surface area contributed by atoms with E-state index >= 15 is 0 Å². The summed E-state index contributed by atoms with van der Waals surface area (Å²) in [5.41, 5.74) is 0. The molecule has 0 saturated carbocycles. The van der Waals surface area contributed by atoms with Gasteiger partial charge in [0.25, 0.3) is 0 Å². The highest BCUT2D eigenvalue weighted by Gasteiger charge is 2.13. The smallest absolute Gasteiger partial charge is 0.434 e. The molecule has 2 unspecified atom stereocenters. The standard InChI is InChI=1S/C10H18O5.C6H10O2/c1-7(2)5-13-9(11)15-10(12)14-6-8(3)4;1-5(7)3-4-6(2)8/h7-8H,5-6H2,1-4H3;5-8H,1-2H3. The van der Waals surface area contributed by atoms with Crippen molar-refractivity contribution in [2.45, 2.75) is 53.8 Å². The summed E-state index contributed by atoms with van der Waals surface area (Å²) in [6.07, 6.45) is -3.30. The number of carbonyl (C=O) groups excluding carboxylic acids is 2. The molecule has 0 fully saturated rings. The summed E-state index contributed by atoms with van der Waals surface area (Å²) in [4.78, 5) is 21.7. The van der Waals surface area contributed by atoms with Crippen LogP contribution in [0.25, 0.3) is 0 Å². The summed E-state index contributed by atoms with van der Waals surface area (Å²) < 4.78 is 13.5. The molecule has 0 aromatic rings. The molecule has 0 aromatic carbocycles. The molecule has 0 aliphatic rings. The van der Waals surface area contributed by atoms with E-state index in [2.05, 4.69) is 26.1 Å². The Labute approximate surface area is 137 Å². The lowest BCUT2D eigenvalue weighted by atomic mass is 10.2. The van der Waals surface area contributed by atoms with Crippen molar-refractivity contribution in [1.29, 1.82) is 0 Å². The van der Waals surface area contributed by atoms with Crippen molar-refractivity contribution < 1.29 is 34.0 Å². The SMILES string of the molecule is CC(C)COC(=O)OC(=O)OCC(C)C.CC(O)C#CC(C)O. The fourth-order valence-corrected chi connectivity index (χ4v) is 0.838. The van der Waals surface area contributed by atoms with Gasteiger partial charge in [0.2, 0.25) is 0 Å². The predicted molar refractivity (Wildman–Crippen MR) is 84.6 cm³/mol. The summed E-state index contributed by atoms with van der Waals surface area (Å²) in [5, 5.41) is 17.0. The average Bonchev–Trinajstić information content (AvgIpc) is 2.41. The van der Waals surface area contributed by atoms with Crippen LogP contribution in [0.4, 0.5) is 9.59 Å². The molecule has 0 aliphatic heterocycles. The molecule has 0 heterocycles. The lowest BCUT2D eigenvalue weighted by molar-refractivity contribution is 0.0281.